The summed E-state index contributed by atoms with van der Waals surface area (Å²) in [7, 11) is 2.61. The smallest absolute Gasteiger partial charge is 0.321 e. The zero-order chi connectivity index (χ0) is 18.3. The predicted octanol–water partition coefficient (Wildman–Crippen LogP) is 2.10. The quantitative estimate of drug-likeness (QED) is 0.304. The molecular formula is C17H19NO6. The lowest BCUT2D eigenvalue weighted by Crippen LogP contribution is -2.24. The summed E-state index contributed by atoms with van der Waals surface area (Å²) in [5, 5.41) is 8.24. The summed E-state index contributed by atoms with van der Waals surface area (Å²) in [5.41, 5.74) is 1.48. The van der Waals surface area contributed by atoms with Crippen molar-refractivity contribution < 1.29 is 28.6 Å². The van der Waals surface area contributed by atoms with E-state index in [2.05, 4.69) is 4.74 Å². The van der Waals surface area contributed by atoms with Crippen molar-refractivity contribution >= 4 is 17.5 Å². The molecule has 0 aliphatic heterocycles. The van der Waals surface area contributed by atoms with Crippen molar-refractivity contribution in [2.45, 2.75) is 33.1 Å². The minimum absolute atomic E-state index is 0.0673. The number of hydrogen-bond donors (Lipinski definition) is 0. The van der Waals surface area contributed by atoms with Crippen LogP contribution in [0.1, 0.15) is 33.1 Å². The van der Waals surface area contributed by atoms with Crippen molar-refractivity contribution in [1.82, 2.24) is 0 Å². The molecule has 0 amide bonds. The standard InChI is InChI=1S/C17H19NO6/c1-10(6-8-13(19)24-9-18)5-7-12-11(2)14(20)16(22-3)17(23-4)15(12)21/h5H,6-8H2,1-4H3/b10-5+. The number of ether oxygens (including phenoxy) is 3. The van der Waals surface area contributed by atoms with Crippen LogP contribution < -0.4 is 0 Å². The Morgan fingerprint density at radius 2 is 1.71 bits per heavy atom. The second-order valence-corrected chi connectivity index (χ2v) is 5.15. The molecule has 7 heteroatoms. The molecule has 128 valence electrons. The van der Waals surface area contributed by atoms with Crippen LogP contribution >= 0.6 is 0 Å². The van der Waals surface area contributed by atoms with E-state index in [0.717, 1.165) is 5.57 Å². The number of nitrogens with zero attached hydrogens (tertiary/aromatic N) is 1. The molecule has 1 aliphatic carbocycles. The summed E-state index contributed by atoms with van der Waals surface area (Å²) in [5.74, 6) is -1.58. The minimum atomic E-state index is -0.612. The van der Waals surface area contributed by atoms with Gasteiger partial charge in [-0.1, -0.05) is 11.6 Å². The van der Waals surface area contributed by atoms with Crippen molar-refractivity contribution in [3.05, 3.63) is 34.3 Å². The van der Waals surface area contributed by atoms with Crippen LogP contribution in [0.25, 0.3) is 0 Å². The van der Waals surface area contributed by atoms with Gasteiger partial charge in [0.25, 0.3) is 6.26 Å². The number of Topliss-reactive ketones (excluding diaryl/α,β-unsaturated/α-hetero) is 2. The van der Waals surface area contributed by atoms with Gasteiger partial charge in [-0.15, -0.1) is 5.26 Å². The fourth-order valence-corrected chi connectivity index (χ4v) is 2.22. The largest absolute Gasteiger partial charge is 0.489 e. The molecule has 24 heavy (non-hydrogen) atoms. The van der Waals surface area contributed by atoms with Gasteiger partial charge in [-0.05, 0) is 26.7 Å². The molecule has 0 bridgehead atoms. The number of ketones is 2. The van der Waals surface area contributed by atoms with Gasteiger partial charge >= 0.3 is 5.97 Å². The topological polar surface area (TPSA) is 103 Å². The molecule has 0 unspecified atom stereocenters. The van der Waals surface area contributed by atoms with Crippen molar-refractivity contribution in [2.24, 2.45) is 0 Å². The highest BCUT2D eigenvalue weighted by molar-refractivity contribution is 6.23. The summed E-state index contributed by atoms with van der Waals surface area (Å²) >= 11 is 0. The summed E-state index contributed by atoms with van der Waals surface area (Å²) in [4.78, 5) is 35.8. The van der Waals surface area contributed by atoms with Crippen molar-refractivity contribution in [3.8, 4) is 6.26 Å². The van der Waals surface area contributed by atoms with Gasteiger partial charge < -0.3 is 14.2 Å². The lowest BCUT2D eigenvalue weighted by molar-refractivity contribution is -0.137. The van der Waals surface area contributed by atoms with E-state index >= 15 is 0 Å². The Kier molecular flexibility index (Phi) is 6.93. The van der Waals surface area contributed by atoms with E-state index in [4.69, 9.17) is 14.7 Å². The third kappa shape index (κ3) is 4.32. The number of esters is 1. The van der Waals surface area contributed by atoms with E-state index in [-0.39, 0.29) is 35.9 Å². The van der Waals surface area contributed by atoms with Crippen molar-refractivity contribution in [1.29, 1.82) is 5.26 Å². The Morgan fingerprint density at radius 1 is 1.12 bits per heavy atom. The summed E-state index contributed by atoms with van der Waals surface area (Å²) in [6, 6.07) is 0. The highest BCUT2D eigenvalue weighted by atomic mass is 16.5. The van der Waals surface area contributed by atoms with E-state index in [1.165, 1.54) is 20.5 Å². The molecule has 1 rings (SSSR count). The van der Waals surface area contributed by atoms with E-state index in [9.17, 15) is 14.4 Å². The lowest BCUT2D eigenvalue weighted by Gasteiger charge is -2.19. The molecule has 0 saturated heterocycles. The van der Waals surface area contributed by atoms with Gasteiger partial charge in [0.1, 0.15) is 0 Å². The van der Waals surface area contributed by atoms with Gasteiger partial charge in [0.15, 0.2) is 0 Å². The predicted molar refractivity (Wildman–Crippen MR) is 83.1 cm³/mol. The number of hydrogen-bond acceptors (Lipinski definition) is 7. The average Bonchev–Trinajstić information content (AvgIpc) is 2.56. The number of methoxy groups -OCH3 is 2. The number of carbonyl (C=O) groups excluding carboxylic acids is 3. The maximum Gasteiger partial charge on any atom is 0.321 e. The molecule has 0 aromatic heterocycles. The van der Waals surface area contributed by atoms with Gasteiger partial charge in [0, 0.05) is 11.1 Å². The monoisotopic (exact) mass is 333 g/mol. The number of rotatable bonds is 7. The molecular weight excluding hydrogens is 314 g/mol. The molecule has 0 spiro atoms. The highest BCUT2D eigenvalue weighted by Crippen LogP contribution is 2.28. The Hall–Kier alpha value is -2.88. The normalized spacial score (nSPS) is 15.4. The Morgan fingerprint density at radius 3 is 2.25 bits per heavy atom. The zero-order valence-corrected chi connectivity index (χ0v) is 14.1. The van der Waals surface area contributed by atoms with Crippen LogP contribution in [-0.4, -0.2) is 31.8 Å². The van der Waals surface area contributed by atoms with E-state index in [1.807, 2.05) is 0 Å². The summed E-state index contributed by atoms with van der Waals surface area (Å²) in [6.07, 6.45) is 3.78. The lowest BCUT2D eigenvalue weighted by atomic mass is 9.90. The van der Waals surface area contributed by atoms with Gasteiger partial charge in [-0.2, -0.15) is 0 Å². The van der Waals surface area contributed by atoms with Gasteiger partial charge in [-0.3, -0.25) is 14.4 Å². The molecule has 0 aromatic rings. The van der Waals surface area contributed by atoms with E-state index in [0.29, 0.717) is 17.6 Å². The number of nitriles is 1. The Balaban J connectivity index is 2.87. The fraction of sp³-hybridized carbons (Fsp3) is 0.412. The first kappa shape index (κ1) is 19.2. The molecule has 0 saturated carbocycles. The first-order chi connectivity index (χ1) is 11.4. The molecule has 0 aromatic carbocycles. The first-order valence-corrected chi connectivity index (χ1v) is 7.23. The van der Waals surface area contributed by atoms with Gasteiger partial charge in [0.2, 0.25) is 23.1 Å². The van der Waals surface area contributed by atoms with Crippen LogP contribution in [0.4, 0.5) is 0 Å². The van der Waals surface area contributed by atoms with Crippen LogP contribution in [0.3, 0.4) is 0 Å². The van der Waals surface area contributed by atoms with Crippen LogP contribution in [0, 0.1) is 11.5 Å². The van der Waals surface area contributed by atoms with Crippen molar-refractivity contribution in [2.75, 3.05) is 14.2 Å². The molecule has 0 fully saturated rings. The van der Waals surface area contributed by atoms with E-state index < -0.39 is 5.97 Å². The molecule has 1 aliphatic rings. The third-order valence-electron chi connectivity index (χ3n) is 3.63. The third-order valence-corrected chi connectivity index (χ3v) is 3.63. The van der Waals surface area contributed by atoms with Crippen LogP contribution in [0.5, 0.6) is 0 Å². The molecule has 0 N–H and O–H groups in total. The zero-order valence-electron chi connectivity index (χ0n) is 14.1. The maximum absolute atomic E-state index is 12.4. The van der Waals surface area contributed by atoms with E-state index in [1.54, 1.807) is 19.9 Å². The number of allylic oxidation sites excluding steroid dienone is 4. The van der Waals surface area contributed by atoms with Gasteiger partial charge in [0.05, 0.1) is 20.6 Å². The maximum atomic E-state index is 12.4. The van der Waals surface area contributed by atoms with Crippen LogP contribution in [-0.2, 0) is 28.6 Å². The fourth-order valence-electron chi connectivity index (χ4n) is 2.22. The Bertz CT molecular complexity index is 690. The summed E-state index contributed by atoms with van der Waals surface area (Å²) < 4.78 is 14.2. The molecule has 0 radical (unpaired) electrons. The first-order valence-electron chi connectivity index (χ1n) is 7.23. The molecule has 0 atom stereocenters. The number of carbonyl (C=O) groups is 3. The van der Waals surface area contributed by atoms with Crippen LogP contribution in [0.2, 0.25) is 0 Å². The molecule has 0 heterocycles. The van der Waals surface area contributed by atoms with Crippen LogP contribution in [0.15, 0.2) is 34.3 Å². The Labute approximate surface area is 140 Å². The van der Waals surface area contributed by atoms with Gasteiger partial charge in [-0.25, -0.2) is 0 Å². The second kappa shape index (κ2) is 8.67. The average molecular weight is 333 g/mol. The molecule has 7 nitrogen and oxygen atoms in total. The van der Waals surface area contributed by atoms with Crippen molar-refractivity contribution in [3.63, 3.8) is 0 Å². The summed E-state index contributed by atoms with van der Waals surface area (Å²) in [6.45, 7) is 3.35. The second-order valence-electron chi connectivity index (χ2n) is 5.15. The highest BCUT2D eigenvalue weighted by Gasteiger charge is 2.34. The minimum Gasteiger partial charge on any atom is -0.489 e. The SMILES string of the molecule is COC1=C(OC)C(=O)C(C/C=C(\C)CCC(=O)OC#N)=C(C)C1=O.